The molecule has 1 heterocycles. The fourth-order valence-electron chi connectivity index (χ4n) is 1.57. The van der Waals surface area contributed by atoms with Gasteiger partial charge in [0, 0.05) is 18.7 Å². The average Bonchev–Trinajstić information content (AvgIpc) is 2.13. The van der Waals surface area contributed by atoms with Gasteiger partial charge in [0.05, 0.1) is 22.8 Å². The van der Waals surface area contributed by atoms with Gasteiger partial charge < -0.3 is 19.9 Å². The number of β-amino-alcohol motifs (C(OH)–C–C–N with tert-alkyl or cyclic N) is 1. The molecule has 1 aromatic rings. The first kappa shape index (κ1) is 13.4. The predicted octanol–water partition coefficient (Wildman–Crippen LogP) is -3.11. The summed E-state index contributed by atoms with van der Waals surface area (Å²) in [4.78, 5) is 12.5. The molecule has 6 heteroatoms. The summed E-state index contributed by atoms with van der Waals surface area (Å²) < 4.78 is 0. The van der Waals surface area contributed by atoms with Crippen molar-refractivity contribution in [3.63, 3.8) is 0 Å². The van der Waals surface area contributed by atoms with Gasteiger partial charge in [-0.25, -0.2) is 0 Å². The molecule has 0 saturated carbocycles. The summed E-state index contributed by atoms with van der Waals surface area (Å²) >= 11 is 5.91. The number of aromatic carboxylic acids is 1. The first-order chi connectivity index (χ1) is 7.09. The minimum Gasteiger partial charge on any atom is -0.545 e. The molecule has 0 unspecified atom stereocenters. The summed E-state index contributed by atoms with van der Waals surface area (Å²) in [6, 6.07) is 4.73. The Kier molecular flexibility index (Phi) is 4.28. The number of carboxylic acid groups (broad SMARTS) is 1. The number of carboxylic acids is 1. The van der Waals surface area contributed by atoms with Crippen LogP contribution in [0.25, 0.3) is 0 Å². The van der Waals surface area contributed by atoms with Crippen LogP contribution in [0.15, 0.2) is 18.2 Å². The third-order valence-electron chi connectivity index (χ3n) is 2.40. The molecule has 80 valence electrons. The number of rotatable bonds is 2. The van der Waals surface area contributed by atoms with Crippen LogP contribution in [-0.4, -0.2) is 30.3 Å². The number of benzene rings is 1. The van der Waals surface area contributed by atoms with Crippen LogP contribution < -0.4 is 28.9 Å². The molecule has 0 amide bonds. The van der Waals surface area contributed by atoms with Crippen LogP contribution in [0.5, 0.6) is 0 Å². The monoisotopic (exact) mass is 233 g/mol. The second-order valence-electron chi connectivity index (χ2n) is 3.48. The zero-order chi connectivity index (χ0) is 11.0. The summed E-state index contributed by atoms with van der Waals surface area (Å²) in [7, 11) is 0. The van der Waals surface area contributed by atoms with Gasteiger partial charge in [-0.3, -0.25) is 0 Å². The average molecular weight is 234 g/mol. The van der Waals surface area contributed by atoms with Crippen molar-refractivity contribution in [1.82, 2.24) is 0 Å². The molecule has 0 aliphatic carbocycles. The van der Waals surface area contributed by atoms with E-state index in [9.17, 15) is 9.90 Å². The number of aliphatic hydroxyl groups excluding tert-OH is 1. The van der Waals surface area contributed by atoms with Crippen LogP contribution >= 0.6 is 11.6 Å². The third kappa shape index (κ3) is 2.36. The first-order valence-corrected chi connectivity index (χ1v) is 4.90. The molecule has 1 aromatic carbocycles. The molecule has 2 rings (SSSR count). The molecule has 0 atom stereocenters. The van der Waals surface area contributed by atoms with Gasteiger partial charge in [0.25, 0.3) is 0 Å². The molecule has 1 aliphatic heterocycles. The number of nitrogens with zero attached hydrogens (tertiary/aromatic N) is 1. The summed E-state index contributed by atoms with van der Waals surface area (Å²) in [6.07, 6.45) is -0.354. The number of halogens is 1. The van der Waals surface area contributed by atoms with Gasteiger partial charge in [0.1, 0.15) is 0 Å². The smallest absolute Gasteiger partial charge is 0.545 e. The van der Waals surface area contributed by atoms with Gasteiger partial charge in [-0.05, 0) is 6.07 Å². The van der Waals surface area contributed by atoms with E-state index >= 15 is 0 Å². The Bertz CT molecular complexity index is 407. The number of anilines is 1. The van der Waals surface area contributed by atoms with Crippen molar-refractivity contribution in [3.05, 3.63) is 28.8 Å². The zero-order valence-corrected chi connectivity index (χ0v) is 9.57. The van der Waals surface area contributed by atoms with E-state index in [-0.39, 0.29) is 35.6 Å². The number of aliphatic hydroxyl groups is 1. The standard InChI is InChI=1S/C10H10ClNO3.Li/c11-9-7(10(14)15)2-1-3-8(9)12-4-6(13)5-12;/h1-3,6,13H,4-5H2,(H,14,15);/q;+1/p-1. The van der Waals surface area contributed by atoms with E-state index in [1.807, 2.05) is 4.90 Å². The molecule has 16 heavy (non-hydrogen) atoms. The maximum Gasteiger partial charge on any atom is 1.00 e. The summed E-state index contributed by atoms with van der Waals surface area (Å²) in [6.45, 7) is 0.965. The molecular formula is C10H9ClLiNO3. The molecule has 0 radical (unpaired) electrons. The van der Waals surface area contributed by atoms with Crippen LogP contribution in [0.3, 0.4) is 0 Å². The Morgan fingerprint density at radius 1 is 1.50 bits per heavy atom. The summed E-state index contributed by atoms with van der Waals surface area (Å²) in [5.74, 6) is -1.29. The first-order valence-electron chi connectivity index (χ1n) is 4.52. The largest absolute Gasteiger partial charge is 1.00 e. The van der Waals surface area contributed by atoms with Crippen LogP contribution in [0.4, 0.5) is 5.69 Å². The van der Waals surface area contributed by atoms with Crippen molar-refractivity contribution in [2.45, 2.75) is 6.10 Å². The molecule has 0 bridgehead atoms. The molecule has 1 N–H and O–H groups in total. The molecule has 1 fully saturated rings. The maximum atomic E-state index is 10.7. The van der Waals surface area contributed by atoms with E-state index in [4.69, 9.17) is 16.7 Å². The van der Waals surface area contributed by atoms with Crippen LogP contribution in [0.2, 0.25) is 5.02 Å². The van der Waals surface area contributed by atoms with Gasteiger partial charge in [-0.15, -0.1) is 0 Å². The van der Waals surface area contributed by atoms with Crippen molar-refractivity contribution >= 4 is 23.3 Å². The van der Waals surface area contributed by atoms with Gasteiger partial charge in [0.15, 0.2) is 0 Å². The second kappa shape index (κ2) is 5.11. The van der Waals surface area contributed by atoms with Gasteiger partial charge in [0.2, 0.25) is 0 Å². The molecule has 0 spiro atoms. The minimum atomic E-state index is -1.29. The third-order valence-corrected chi connectivity index (χ3v) is 2.80. The van der Waals surface area contributed by atoms with E-state index in [0.29, 0.717) is 18.8 Å². The van der Waals surface area contributed by atoms with Gasteiger partial charge in [-0.1, -0.05) is 23.7 Å². The van der Waals surface area contributed by atoms with E-state index in [0.717, 1.165) is 0 Å². The topological polar surface area (TPSA) is 63.6 Å². The molecular weight excluding hydrogens is 225 g/mol. The van der Waals surface area contributed by atoms with Crippen molar-refractivity contribution in [3.8, 4) is 0 Å². The van der Waals surface area contributed by atoms with Crippen molar-refractivity contribution in [1.29, 1.82) is 0 Å². The van der Waals surface area contributed by atoms with Gasteiger partial charge in [-0.2, -0.15) is 0 Å². The molecule has 4 nitrogen and oxygen atoms in total. The van der Waals surface area contributed by atoms with Gasteiger partial charge >= 0.3 is 18.9 Å². The summed E-state index contributed by atoms with van der Waals surface area (Å²) in [5, 5.41) is 20.0. The zero-order valence-electron chi connectivity index (χ0n) is 8.81. The minimum absolute atomic E-state index is 0. The fraction of sp³-hybridized carbons (Fsp3) is 0.300. The number of hydrogen-bond acceptors (Lipinski definition) is 4. The van der Waals surface area contributed by atoms with E-state index in [1.54, 1.807) is 12.1 Å². The molecule has 1 aliphatic rings. The molecule has 0 aromatic heterocycles. The SMILES string of the molecule is O=C([O-])c1cccc(N2CC(O)C2)c1Cl.[Li+]. The van der Waals surface area contributed by atoms with E-state index < -0.39 is 5.97 Å². The van der Waals surface area contributed by atoms with Crippen LogP contribution in [-0.2, 0) is 0 Å². The Morgan fingerprint density at radius 3 is 2.62 bits per heavy atom. The summed E-state index contributed by atoms with van der Waals surface area (Å²) in [5.41, 5.74) is 0.610. The quantitative estimate of drug-likeness (QED) is 0.550. The Morgan fingerprint density at radius 2 is 2.12 bits per heavy atom. The normalized spacial score (nSPS) is 15.2. The number of carbonyl (C=O) groups excluding carboxylic acids is 1. The Labute approximate surface area is 110 Å². The number of hydrogen-bond donors (Lipinski definition) is 1. The van der Waals surface area contributed by atoms with E-state index in [2.05, 4.69) is 0 Å². The van der Waals surface area contributed by atoms with Crippen molar-refractivity contribution in [2.75, 3.05) is 18.0 Å². The fourth-order valence-corrected chi connectivity index (χ4v) is 1.90. The predicted molar refractivity (Wildman–Crippen MR) is 54.0 cm³/mol. The number of carbonyl (C=O) groups is 1. The van der Waals surface area contributed by atoms with Crippen molar-refractivity contribution in [2.24, 2.45) is 0 Å². The van der Waals surface area contributed by atoms with Crippen molar-refractivity contribution < 1.29 is 33.9 Å². The second-order valence-corrected chi connectivity index (χ2v) is 3.86. The molecule has 1 saturated heterocycles. The van der Waals surface area contributed by atoms with Crippen LogP contribution in [0, 0.1) is 0 Å². The maximum absolute atomic E-state index is 10.7. The Hall–Kier alpha value is -0.663. The van der Waals surface area contributed by atoms with E-state index in [1.165, 1.54) is 6.07 Å². The Balaban J connectivity index is 0.00000128. The van der Waals surface area contributed by atoms with Crippen LogP contribution in [0.1, 0.15) is 10.4 Å².